The molecule has 0 aliphatic carbocycles. The van der Waals surface area contributed by atoms with Crippen molar-refractivity contribution in [3.8, 4) is 0 Å². The van der Waals surface area contributed by atoms with Crippen molar-refractivity contribution in [2.75, 3.05) is 0 Å². The van der Waals surface area contributed by atoms with E-state index in [-0.39, 0.29) is 36.0 Å². The van der Waals surface area contributed by atoms with E-state index in [1.165, 1.54) is 70.6 Å². The fourth-order valence-corrected chi connectivity index (χ4v) is 4.73. The van der Waals surface area contributed by atoms with Gasteiger partial charge in [0.1, 0.15) is 0 Å². The van der Waals surface area contributed by atoms with E-state index in [0.29, 0.717) is 12.8 Å². The Morgan fingerprint density at radius 1 is 0.655 bits per heavy atom. The van der Waals surface area contributed by atoms with Crippen molar-refractivity contribution in [2.24, 2.45) is 0 Å². The van der Waals surface area contributed by atoms with Crippen LogP contribution in [0.5, 0.6) is 0 Å². The van der Waals surface area contributed by atoms with Gasteiger partial charge in [0.25, 0.3) is 0 Å². The van der Waals surface area contributed by atoms with Gasteiger partial charge in [-0.1, -0.05) is 117 Å². The van der Waals surface area contributed by atoms with Gasteiger partial charge < -0.3 is 9.66 Å². The summed E-state index contributed by atoms with van der Waals surface area (Å²) in [4.78, 5) is 0. The van der Waals surface area contributed by atoms with E-state index in [4.69, 9.17) is 0 Å². The third kappa shape index (κ3) is 21.9. The van der Waals surface area contributed by atoms with Gasteiger partial charge in [0.2, 0.25) is 0 Å². The Bertz CT molecular complexity index is 429. The molecule has 2 unspecified atom stereocenters. The van der Waals surface area contributed by atoms with Crippen LogP contribution in [0, 0.1) is 0 Å². The maximum absolute atomic E-state index is 11.5. The molecule has 0 saturated carbocycles. The molecule has 0 aliphatic heterocycles. The molecule has 29 heavy (non-hydrogen) atoms. The van der Waals surface area contributed by atoms with Gasteiger partial charge in [0.15, 0.2) is 0 Å². The maximum Gasteiger partial charge on any atom is 1.00 e. The molecule has 2 atom stereocenters. The average molecular weight is 443 g/mol. The Balaban J connectivity index is 0. The smallest absolute Gasteiger partial charge is 0.748 e. The molecular formula is C23H47NaO4S. The van der Waals surface area contributed by atoms with Crippen LogP contribution < -0.4 is 29.6 Å². The summed E-state index contributed by atoms with van der Waals surface area (Å²) in [6.07, 6.45) is 19.2. The Labute approximate surface area is 204 Å². The Kier molecular flexibility index (Phi) is 24.4. The molecule has 0 fully saturated rings. The largest absolute Gasteiger partial charge is 1.00 e. The summed E-state index contributed by atoms with van der Waals surface area (Å²) < 4.78 is 34.6. The summed E-state index contributed by atoms with van der Waals surface area (Å²) in [5, 5.41) is 9.22. The molecule has 0 rings (SSSR count). The molecule has 0 spiro atoms. The SMILES string of the molecule is CCCCCCCCCCCCC(CC(O)CCCCCCCC)S(=O)(=O)[O-].[Na+]. The molecular weight excluding hydrogens is 395 g/mol. The molecule has 0 saturated heterocycles. The molecule has 1 N–H and O–H groups in total. The van der Waals surface area contributed by atoms with Crippen LogP contribution in [0.4, 0.5) is 0 Å². The first kappa shape index (κ1) is 32.1. The van der Waals surface area contributed by atoms with Crippen molar-refractivity contribution in [1.29, 1.82) is 0 Å². The molecule has 0 aromatic heterocycles. The second-order valence-electron chi connectivity index (χ2n) is 8.53. The number of hydrogen-bond donors (Lipinski definition) is 1. The van der Waals surface area contributed by atoms with Crippen LogP contribution in [0.3, 0.4) is 0 Å². The Hall–Kier alpha value is 0.870. The maximum atomic E-state index is 11.5. The fraction of sp³-hybridized carbons (Fsp3) is 1.00. The first-order valence-electron chi connectivity index (χ1n) is 12.0. The van der Waals surface area contributed by atoms with Gasteiger partial charge in [0.05, 0.1) is 21.5 Å². The van der Waals surface area contributed by atoms with Crippen LogP contribution in [0.15, 0.2) is 0 Å². The predicted molar refractivity (Wildman–Crippen MR) is 119 cm³/mol. The number of hydrogen-bond acceptors (Lipinski definition) is 4. The average Bonchev–Trinajstić information content (AvgIpc) is 2.64. The van der Waals surface area contributed by atoms with Crippen molar-refractivity contribution in [3.05, 3.63) is 0 Å². The van der Waals surface area contributed by atoms with Crippen LogP contribution in [-0.4, -0.2) is 29.4 Å². The van der Waals surface area contributed by atoms with Crippen LogP contribution in [0.25, 0.3) is 0 Å². The Morgan fingerprint density at radius 3 is 1.38 bits per heavy atom. The molecule has 0 aromatic carbocycles. The normalized spacial score (nSPS) is 13.8. The third-order valence-electron chi connectivity index (χ3n) is 5.71. The fourth-order valence-electron chi connectivity index (χ4n) is 3.82. The van der Waals surface area contributed by atoms with Gasteiger partial charge in [-0.15, -0.1) is 0 Å². The van der Waals surface area contributed by atoms with E-state index >= 15 is 0 Å². The van der Waals surface area contributed by atoms with Crippen LogP contribution in [0.1, 0.15) is 136 Å². The van der Waals surface area contributed by atoms with Crippen LogP contribution in [-0.2, 0) is 10.1 Å². The van der Waals surface area contributed by atoms with Crippen LogP contribution >= 0.6 is 0 Å². The van der Waals surface area contributed by atoms with Crippen molar-refractivity contribution in [2.45, 2.75) is 147 Å². The Morgan fingerprint density at radius 2 is 1.00 bits per heavy atom. The van der Waals surface area contributed by atoms with Crippen molar-refractivity contribution >= 4 is 10.1 Å². The second kappa shape index (κ2) is 22.1. The summed E-state index contributed by atoms with van der Waals surface area (Å²) in [6, 6.07) is 0. The van der Waals surface area contributed by atoms with Gasteiger partial charge in [-0.05, 0) is 19.3 Å². The number of rotatable bonds is 21. The van der Waals surface area contributed by atoms with Crippen LogP contribution in [0.2, 0.25) is 0 Å². The molecule has 0 aromatic rings. The van der Waals surface area contributed by atoms with Crippen molar-refractivity contribution in [3.63, 3.8) is 0 Å². The standard InChI is InChI=1S/C23H48O4S.Na/c1-3-5-7-9-11-12-13-14-16-18-20-23(28(25,26)27)21-22(24)19-17-15-10-8-6-4-2;/h22-24H,3-21H2,1-2H3,(H,25,26,27);/q;+1/p-1. The van der Waals surface area contributed by atoms with E-state index in [0.717, 1.165) is 32.1 Å². The molecule has 0 bridgehead atoms. The third-order valence-corrected chi connectivity index (χ3v) is 6.96. The second-order valence-corrected chi connectivity index (χ2v) is 10.2. The van der Waals surface area contributed by atoms with E-state index in [1.54, 1.807) is 0 Å². The number of unbranched alkanes of at least 4 members (excludes halogenated alkanes) is 14. The molecule has 0 radical (unpaired) electrons. The summed E-state index contributed by atoms with van der Waals surface area (Å²) in [6.45, 7) is 4.41. The molecule has 0 heterocycles. The zero-order valence-corrected chi connectivity index (χ0v) is 22.5. The van der Waals surface area contributed by atoms with Gasteiger partial charge >= 0.3 is 29.6 Å². The number of aliphatic hydroxyl groups excluding tert-OH is 1. The monoisotopic (exact) mass is 442 g/mol. The molecule has 0 aliphatic rings. The van der Waals surface area contributed by atoms with E-state index in [9.17, 15) is 18.1 Å². The van der Waals surface area contributed by atoms with Crippen molar-refractivity contribution in [1.82, 2.24) is 0 Å². The quantitative estimate of drug-likeness (QED) is 0.167. The molecule has 6 heteroatoms. The zero-order chi connectivity index (χ0) is 21.1. The topological polar surface area (TPSA) is 77.4 Å². The molecule has 4 nitrogen and oxygen atoms in total. The first-order valence-corrected chi connectivity index (χ1v) is 13.5. The first-order chi connectivity index (χ1) is 13.4. The van der Waals surface area contributed by atoms with E-state index in [1.807, 2.05) is 0 Å². The minimum absolute atomic E-state index is 0. The van der Waals surface area contributed by atoms with E-state index < -0.39 is 21.5 Å². The summed E-state index contributed by atoms with van der Waals surface area (Å²) in [7, 11) is -4.32. The summed E-state index contributed by atoms with van der Waals surface area (Å²) in [5.41, 5.74) is 0. The zero-order valence-electron chi connectivity index (χ0n) is 19.7. The molecule has 0 amide bonds. The van der Waals surface area contributed by atoms with Gasteiger partial charge in [-0.25, -0.2) is 8.42 Å². The summed E-state index contributed by atoms with van der Waals surface area (Å²) in [5.74, 6) is 0. The van der Waals surface area contributed by atoms with Gasteiger partial charge in [0, 0.05) is 0 Å². The number of aliphatic hydroxyl groups is 1. The van der Waals surface area contributed by atoms with Crippen molar-refractivity contribution < 1.29 is 47.6 Å². The molecule has 170 valence electrons. The van der Waals surface area contributed by atoms with Gasteiger partial charge in [-0.2, -0.15) is 0 Å². The minimum Gasteiger partial charge on any atom is -0.748 e. The van der Waals surface area contributed by atoms with Gasteiger partial charge in [-0.3, -0.25) is 0 Å². The minimum atomic E-state index is -4.32. The summed E-state index contributed by atoms with van der Waals surface area (Å²) >= 11 is 0. The predicted octanol–water partition coefficient (Wildman–Crippen LogP) is 3.72. The van der Waals surface area contributed by atoms with E-state index in [2.05, 4.69) is 13.8 Å².